The first-order valence-corrected chi connectivity index (χ1v) is 5.93. The van der Waals surface area contributed by atoms with Crippen molar-refractivity contribution in [1.82, 2.24) is 0 Å². The molecule has 0 aromatic heterocycles. The molecule has 0 rings (SSSR count). The van der Waals surface area contributed by atoms with Crippen molar-refractivity contribution >= 4 is 35.0 Å². The van der Waals surface area contributed by atoms with E-state index in [1.807, 2.05) is 0 Å². The Bertz CT molecular complexity index is 44.9. The number of halogens is 1. The molecule has 0 heterocycles. The fourth-order valence-corrected chi connectivity index (χ4v) is 0. The van der Waals surface area contributed by atoms with Gasteiger partial charge in [0.05, 0.1) is 0 Å². The van der Waals surface area contributed by atoms with Crippen molar-refractivity contribution in [2.75, 3.05) is 0 Å². The van der Waals surface area contributed by atoms with Gasteiger partial charge in [-0.15, -0.1) is 0 Å². The smallest absolute Gasteiger partial charge is 0.334 e. The quantitative estimate of drug-likeness (QED) is 0.495. The average molecular weight is 147 g/mol. The SMILES string of the molecule is C[C](=O)[Mg][Br]. The highest BCUT2D eigenvalue weighted by Gasteiger charge is 1.90. The topological polar surface area (TPSA) is 17.1 Å². The van der Waals surface area contributed by atoms with Crippen LogP contribution in [0.1, 0.15) is 6.92 Å². The number of hydrogen-bond donors (Lipinski definition) is 0. The molecule has 0 aromatic carbocycles. The lowest BCUT2D eigenvalue weighted by molar-refractivity contribution is -0.109. The van der Waals surface area contributed by atoms with Gasteiger partial charge in [-0.25, -0.2) is 0 Å². The van der Waals surface area contributed by atoms with Crippen molar-refractivity contribution in [1.29, 1.82) is 0 Å². The second-order valence-electron chi connectivity index (χ2n) is 0.836. The Kier molecular flexibility index (Phi) is 3.69. The number of hydrogen-bond acceptors (Lipinski definition) is 1. The van der Waals surface area contributed by atoms with Crippen molar-refractivity contribution in [3.8, 4) is 0 Å². The van der Waals surface area contributed by atoms with Gasteiger partial charge >= 0.3 is 18.2 Å². The molecule has 0 amide bonds. The molecule has 0 saturated carbocycles. The van der Waals surface area contributed by atoms with E-state index in [1.54, 1.807) is 6.92 Å². The summed E-state index contributed by atoms with van der Waals surface area (Å²) in [7, 11) is 0. The van der Waals surface area contributed by atoms with Gasteiger partial charge in [0.25, 0.3) is 0 Å². The van der Waals surface area contributed by atoms with Crippen LogP contribution in [-0.4, -0.2) is 22.1 Å². The molecule has 5 heavy (non-hydrogen) atoms. The highest BCUT2D eigenvalue weighted by Crippen LogP contribution is 1.71. The Hall–Kier alpha value is 0.916. The summed E-state index contributed by atoms with van der Waals surface area (Å²) in [4.78, 5) is 9.83. The highest BCUT2D eigenvalue weighted by atomic mass is 79.9. The lowest BCUT2D eigenvalue weighted by Gasteiger charge is -1.66. The van der Waals surface area contributed by atoms with E-state index in [-0.39, 0.29) is 0 Å². The molecule has 0 aliphatic carbocycles. The molecule has 0 unspecified atom stereocenters. The molecule has 0 spiro atoms. The summed E-state index contributed by atoms with van der Waals surface area (Å²) < 4.78 is 0.310. The van der Waals surface area contributed by atoms with Crippen LogP contribution in [0.2, 0.25) is 0 Å². The second-order valence-corrected chi connectivity index (χ2v) is 3.78. The largest absolute Gasteiger partial charge is 0.563 e. The van der Waals surface area contributed by atoms with Crippen LogP contribution in [0.4, 0.5) is 0 Å². The maximum absolute atomic E-state index is 9.83. The Morgan fingerprint density at radius 3 is 2.20 bits per heavy atom. The molecule has 0 radical (unpaired) electrons. The molecule has 0 N–H and O–H groups in total. The first kappa shape index (κ1) is 5.92. The third kappa shape index (κ3) is 4.92. The van der Waals surface area contributed by atoms with Crippen LogP contribution in [0.25, 0.3) is 0 Å². The molecule has 0 aromatic rings. The minimum Gasteiger partial charge on any atom is -0.334 e. The standard InChI is InChI=1S/C2H3O.BrH.Mg/c1-2-3;;/h1H3;1H;/q;;+1/p-1. The van der Waals surface area contributed by atoms with E-state index in [4.69, 9.17) is 0 Å². The third-order valence-corrected chi connectivity index (χ3v) is 2.93. The zero-order valence-electron chi connectivity index (χ0n) is 2.99. The molecule has 3 heteroatoms. The van der Waals surface area contributed by atoms with E-state index < -0.39 is 18.2 Å². The van der Waals surface area contributed by atoms with Crippen molar-refractivity contribution in [3.63, 3.8) is 0 Å². The average Bonchev–Trinajstić information content (AvgIpc) is 1.38. The van der Waals surface area contributed by atoms with E-state index in [9.17, 15) is 4.79 Å². The first-order valence-electron chi connectivity index (χ1n) is 1.32. The van der Waals surface area contributed by atoms with Gasteiger partial charge in [0.15, 0.2) is 0 Å². The maximum atomic E-state index is 9.83. The lowest BCUT2D eigenvalue weighted by Crippen LogP contribution is -1.91. The van der Waals surface area contributed by atoms with Gasteiger partial charge in [-0.1, -0.05) is 0 Å². The second kappa shape index (κ2) is 3.12. The van der Waals surface area contributed by atoms with Crippen LogP contribution in [0.3, 0.4) is 0 Å². The molecule has 0 bridgehead atoms. The molecule has 0 aliphatic heterocycles. The van der Waals surface area contributed by atoms with Crippen molar-refractivity contribution in [2.45, 2.75) is 6.92 Å². The molecule has 26 valence electrons. The summed E-state index contributed by atoms with van der Waals surface area (Å²) in [6, 6.07) is 0. The Morgan fingerprint density at radius 1 is 2.00 bits per heavy atom. The van der Waals surface area contributed by atoms with E-state index in [0.29, 0.717) is 3.91 Å². The van der Waals surface area contributed by atoms with Crippen LogP contribution >= 0.6 is 12.9 Å². The van der Waals surface area contributed by atoms with Crippen molar-refractivity contribution < 1.29 is 4.79 Å². The van der Waals surface area contributed by atoms with Crippen LogP contribution in [0.5, 0.6) is 0 Å². The molecular weight excluding hydrogens is 144 g/mol. The predicted octanol–water partition coefficient (Wildman–Crippen LogP) is 0.547. The van der Waals surface area contributed by atoms with Crippen LogP contribution in [0.15, 0.2) is 0 Å². The fourth-order valence-electron chi connectivity index (χ4n) is 0. The van der Waals surface area contributed by atoms with Gasteiger partial charge in [0.2, 0.25) is 0 Å². The summed E-state index contributed by atoms with van der Waals surface area (Å²) in [5, 5.41) is 0. The van der Waals surface area contributed by atoms with Gasteiger partial charge in [0.1, 0.15) is 0 Å². The van der Waals surface area contributed by atoms with Crippen molar-refractivity contribution in [2.24, 2.45) is 0 Å². The van der Waals surface area contributed by atoms with Gasteiger partial charge in [-0.3, -0.25) is 12.9 Å². The summed E-state index contributed by atoms with van der Waals surface area (Å²) in [5.41, 5.74) is 0. The van der Waals surface area contributed by atoms with E-state index in [2.05, 4.69) is 12.9 Å². The van der Waals surface area contributed by atoms with E-state index >= 15 is 0 Å². The maximum Gasteiger partial charge on any atom is 0.563 e. The van der Waals surface area contributed by atoms with Gasteiger partial charge in [0, 0.05) is 3.91 Å². The third-order valence-electron chi connectivity index (χ3n) is 0.188. The van der Waals surface area contributed by atoms with Gasteiger partial charge in [-0.05, 0) is 6.92 Å². The molecular formula is C2H3BrMgO. The zero-order chi connectivity index (χ0) is 4.28. The highest BCUT2D eigenvalue weighted by molar-refractivity contribution is 9.24. The number of carbonyl (C=O) groups excluding carboxylic acids is 1. The summed E-state index contributed by atoms with van der Waals surface area (Å²) in [6.45, 7) is 1.60. The Labute approximate surface area is 46.7 Å². The molecule has 1 nitrogen and oxygen atoms in total. The van der Waals surface area contributed by atoms with Crippen LogP contribution in [-0.2, 0) is 4.79 Å². The number of carbonyl (C=O) groups is 1. The monoisotopic (exact) mass is 146 g/mol. The van der Waals surface area contributed by atoms with Crippen LogP contribution in [0, 0.1) is 0 Å². The predicted molar refractivity (Wildman–Crippen MR) is 25.4 cm³/mol. The van der Waals surface area contributed by atoms with E-state index in [1.165, 1.54) is 0 Å². The molecule has 0 fully saturated rings. The minimum atomic E-state index is -0.478. The van der Waals surface area contributed by atoms with Crippen LogP contribution < -0.4 is 0 Å². The van der Waals surface area contributed by atoms with Crippen molar-refractivity contribution in [3.05, 3.63) is 0 Å². The number of rotatable bonds is 1. The fraction of sp³-hybridized carbons (Fsp3) is 0.500. The molecule has 0 aliphatic rings. The Morgan fingerprint density at radius 2 is 2.20 bits per heavy atom. The van der Waals surface area contributed by atoms with E-state index in [0.717, 1.165) is 0 Å². The summed E-state index contributed by atoms with van der Waals surface area (Å²) in [6.07, 6.45) is 0. The summed E-state index contributed by atoms with van der Waals surface area (Å²) in [5.74, 6) is 0. The molecule has 0 atom stereocenters. The summed E-state index contributed by atoms with van der Waals surface area (Å²) >= 11 is 2.63. The zero-order valence-corrected chi connectivity index (χ0v) is 5.99. The minimum absolute atomic E-state index is 0.310. The molecule has 0 saturated heterocycles. The lowest BCUT2D eigenvalue weighted by atomic mass is 10.9. The normalized spacial score (nSPS) is 6.00. The Balaban J connectivity index is 2.85. The van der Waals surface area contributed by atoms with Gasteiger partial charge in [-0.2, -0.15) is 0 Å². The first-order chi connectivity index (χ1) is 2.27. The van der Waals surface area contributed by atoms with Gasteiger partial charge < -0.3 is 4.79 Å².